The summed E-state index contributed by atoms with van der Waals surface area (Å²) in [7, 11) is 0. The number of pyridine rings is 2. The fourth-order valence-corrected chi connectivity index (χ4v) is 4.72. The van der Waals surface area contributed by atoms with Crippen LogP contribution in [0.4, 0.5) is 16.6 Å². The first-order chi connectivity index (χ1) is 19.2. The molecule has 0 radical (unpaired) electrons. The Morgan fingerprint density at radius 1 is 1.07 bits per heavy atom. The molecule has 0 atom stereocenters. The normalized spacial score (nSPS) is 14.4. The first kappa shape index (κ1) is 27.4. The Hall–Kier alpha value is -4.18. The van der Waals surface area contributed by atoms with Gasteiger partial charge < -0.3 is 24.7 Å². The highest BCUT2D eigenvalue weighted by atomic mass is 16.6. The SMILES string of the molecule is CCOc1cnc(C)cc1-c1ccc2nc(Nc3cc(CN4CCN(C(=O)OC(C)(C)C)CC4)ccn3)[nH]c2c1. The highest BCUT2D eigenvalue weighted by Crippen LogP contribution is 2.32. The fourth-order valence-electron chi connectivity index (χ4n) is 4.72. The van der Waals surface area contributed by atoms with E-state index < -0.39 is 5.60 Å². The van der Waals surface area contributed by atoms with E-state index >= 15 is 0 Å². The van der Waals surface area contributed by atoms with Crippen molar-refractivity contribution in [1.29, 1.82) is 0 Å². The van der Waals surface area contributed by atoms with Gasteiger partial charge in [-0.2, -0.15) is 0 Å². The highest BCUT2D eigenvalue weighted by molar-refractivity contribution is 5.85. The summed E-state index contributed by atoms with van der Waals surface area (Å²) in [6, 6.07) is 12.2. The van der Waals surface area contributed by atoms with E-state index in [2.05, 4.69) is 31.2 Å². The van der Waals surface area contributed by atoms with Crippen molar-refractivity contribution in [2.24, 2.45) is 0 Å². The van der Waals surface area contributed by atoms with Crippen LogP contribution >= 0.6 is 0 Å². The molecule has 40 heavy (non-hydrogen) atoms. The van der Waals surface area contributed by atoms with E-state index in [4.69, 9.17) is 14.5 Å². The van der Waals surface area contributed by atoms with Gasteiger partial charge in [-0.3, -0.25) is 9.88 Å². The molecule has 4 aromatic rings. The van der Waals surface area contributed by atoms with E-state index in [1.165, 1.54) is 0 Å². The molecule has 1 fully saturated rings. The molecule has 10 nitrogen and oxygen atoms in total. The van der Waals surface area contributed by atoms with Crippen LogP contribution in [-0.2, 0) is 11.3 Å². The molecule has 5 rings (SSSR count). The molecule has 0 spiro atoms. The molecule has 1 saturated heterocycles. The molecule has 0 saturated carbocycles. The Kier molecular flexibility index (Phi) is 7.88. The zero-order valence-corrected chi connectivity index (χ0v) is 23.8. The molecule has 1 aliphatic rings. The van der Waals surface area contributed by atoms with Gasteiger partial charge >= 0.3 is 6.09 Å². The molecule has 1 aliphatic heterocycles. The number of aryl methyl sites for hydroxylation is 1. The summed E-state index contributed by atoms with van der Waals surface area (Å²) in [6.07, 6.45) is 3.33. The second-order valence-corrected chi connectivity index (χ2v) is 11.0. The van der Waals surface area contributed by atoms with E-state index in [1.807, 2.05) is 65.0 Å². The second-order valence-electron chi connectivity index (χ2n) is 11.0. The standard InChI is InChI=1S/C30H37N7O3/c1-6-39-26-18-32-20(2)15-23(26)22-7-8-24-25(17-22)34-28(33-24)35-27-16-21(9-10-31-27)19-36-11-13-37(14-12-36)29(38)40-30(3,4)5/h7-10,15-18H,6,11-14,19H2,1-5H3,(H2,31,33,34,35). The number of carbonyl (C=O) groups excluding carboxylic acids is 1. The van der Waals surface area contributed by atoms with Gasteiger partial charge in [-0.05, 0) is 76.1 Å². The number of aromatic amines is 1. The van der Waals surface area contributed by atoms with E-state index in [-0.39, 0.29) is 6.09 Å². The van der Waals surface area contributed by atoms with Crippen molar-refractivity contribution < 1.29 is 14.3 Å². The molecule has 0 bridgehead atoms. The lowest BCUT2D eigenvalue weighted by Crippen LogP contribution is -2.49. The number of aromatic nitrogens is 4. The minimum Gasteiger partial charge on any atom is -0.492 e. The number of amides is 1. The van der Waals surface area contributed by atoms with Gasteiger partial charge in [0.1, 0.15) is 17.2 Å². The average Bonchev–Trinajstić information content (AvgIpc) is 3.31. The van der Waals surface area contributed by atoms with Crippen molar-refractivity contribution in [2.75, 3.05) is 38.1 Å². The lowest BCUT2D eigenvalue weighted by atomic mass is 10.0. The zero-order chi connectivity index (χ0) is 28.3. The van der Waals surface area contributed by atoms with Crippen molar-refractivity contribution in [3.8, 4) is 16.9 Å². The van der Waals surface area contributed by atoms with Gasteiger partial charge in [0.15, 0.2) is 0 Å². The minimum absolute atomic E-state index is 0.244. The number of nitrogens with one attached hydrogen (secondary N) is 2. The van der Waals surface area contributed by atoms with Crippen LogP contribution in [0.3, 0.4) is 0 Å². The summed E-state index contributed by atoms with van der Waals surface area (Å²) in [4.78, 5) is 33.4. The first-order valence-electron chi connectivity index (χ1n) is 13.7. The van der Waals surface area contributed by atoms with Crippen LogP contribution in [0, 0.1) is 6.92 Å². The molecule has 1 amide bonds. The quantitative estimate of drug-likeness (QED) is 0.314. The van der Waals surface area contributed by atoms with Gasteiger partial charge in [0.2, 0.25) is 5.95 Å². The molecule has 210 valence electrons. The summed E-state index contributed by atoms with van der Waals surface area (Å²) in [5.74, 6) is 2.10. The topological polar surface area (TPSA) is 108 Å². The molecule has 4 heterocycles. The Labute approximate surface area is 234 Å². The largest absolute Gasteiger partial charge is 0.492 e. The first-order valence-corrected chi connectivity index (χ1v) is 13.7. The Balaban J connectivity index is 1.24. The molecule has 0 aliphatic carbocycles. The molecule has 2 N–H and O–H groups in total. The van der Waals surface area contributed by atoms with E-state index in [0.29, 0.717) is 31.5 Å². The third kappa shape index (κ3) is 6.69. The highest BCUT2D eigenvalue weighted by Gasteiger charge is 2.25. The minimum atomic E-state index is -0.483. The zero-order valence-electron chi connectivity index (χ0n) is 23.8. The van der Waals surface area contributed by atoms with Crippen LogP contribution < -0.4 is 10.1 Å². The van der Waals surface area contributed by atoms with Crippen LogP contribution in [0.25, 0.3) is 22.2 Å². The van der Waals surface area contributed by atoms with Crippen LogP contribution in [-0.4, -0.2) is 74.2 Å². The Morgan fingerprint density at radius 2 is 1.88 bits per heavy atom. The number of nitrogens with zero attached hydrogens (tertiary/aromatic N) is 5. The van der Waals surface area contributed by atoms with Crippen LogP contribution in [0.2, 0.25) is 0 Å². The van der Waals surface area contributed by atoms with Gasteiger partial charge in [-0.15, -0.1) is 0 Å². The van der Waals surface area contributed by atoms with Crippen molar-refractivity contribution in [3.05, 3.63) is 60.0 Å². The van der Waals surface area contributed by atoms with Gasteiger partial charge in [-0.25, -0.2) is 14.8 Å². The van der Waals surface area contributed by atoms with Crippen molar-refractivity contribution in [3.63, 3.8) is 0 Å². The van der Waals surface area contributed by atoms with Crippen molar-refractivity contribution >= 4 is 28.9 Å². The smallest absolute Gasteiger partial charge is 0.410 e. The number of imidazole rings is 1. The summed E-state index contributed by atoms with van der Waals surface area (Å²) in [5.41, 5.74) is 5.39. The lowest BCUT2D eigenvalue weighted by molar-refractivity contribution is 0.0139. The summed E-state index contributed by atoms with van der Waals surface area (Å²) in [6.45, 7) is 13.8. The number of benzene rings is 1. The van der Waals surface area contributed by atoms with Crippen molar-refractivity contribution in [1.82, 2.24) is 29.7 Å². The Morgan fingerprint density at radius 3 is 2.62 bits per heavy atom. The monoisotopic (exact) mass is 543 g/mol. The number of anilines is 2. The molecular formula is C30H37N7O3. The van der Waals surface area contributed by atoms with Gasteiger partial charge in [0, 0.05) is 50.2 Å². The molecule has 0 unspecified atom stereocenters. The van der Waals surface area contributed by atoms with Crippen molar-refractivity contribution in [2.45, 2.75) is 46.8 Å². The lowest BCUT2D eigenvalue weighted by Gasteiger charge is -2.35. The Bertz CT molecular complexity index is 1490. The number of hydrogen-bond donors (Lipinski definition) is 2. The summed E-state index contributed by atoms with van der Waals surface area (Å²) >= 11 is 0. The maximum Gasteiger partial charge on any atom is 0.410 e. The third-order valence-electron chi connectivity index (χ3n) is 6.60. The number of rotatable bonds is 7. The molecular weight excluding hydrogens is 506 g/mol. The van der Waals surface area contributed by atoms with Gasteiger partial charge in [-0.1, -0.05) is 6.07 Å². The van der Waals surface area contributed by atoms with Crippen LogP contribution in [0.5, 0.6) is 5.75 Å². The number of H-pyrrole nitrogens is 1. The van der Waals surface area contributed by atoms with E-state index in [0.717, 1.165) is 58.8 Å². The van der Waals surface area contributed by atoms with E-state index in [1.54, 1.807) is 17.3 Å². The second kappa shape index (κ2) is 11.5. The third-order valence-corrected chi connectivity index (χ3v) is 6.60. The van der Waals surface area contributed by atoms with E-state index in [9.17, 15) is 4.79 Å². The average molecular weight is 544 g/mol. The van der Waals surface area contributed by atoms with Crippen LogP contribution in [0.1, 0.15) is 39.0 Å². The fraction of sp³-hybridized carbons (Fsp3) is 0.400. The maximum atomic E-state index is 12.4. The molecule has 3 aromatic heterocycles. The number of fused-ring (bicyclic) bond motifs is 1. The van der Waals surface area contributed by atoms with Gasteiger partial charge in [0.25, 0.3) is 0 Å². The summed E-state index contributed by atoms with van der Waals surface area (Å²) < 4.78 is 11.3. The van der Waals surface area contributed by atoms with Gasteiger partial charge in [0.05, 0.1) is 23.8 Å². The predicted octanol–water partition coefficient (Wildman–Crippen LogP) is 5.52. The molecule has 10 heteroatoms. The summed E-state index contributed by atoms with van der Waals surface area (Å²) in [5, 5.41) is 3.31. The number of hydrogen-bond acceptors (Lipinski definition) is 8. The maximum absolute atomic E-state index is 12.4. The van der Waals surface area contributed by atoms with Crippen LogP contribution in [0.15, 0.2) is 48.8 Å². The number of ether oxygens (including phenoxy) is 2. The number of carbonyl (C=O) groups is 1. The molecule has 1 aromatic carbocycles. The predicted molar refractivity (Wildman–Crippen MR) is 156 cm³/mol. The number of piperazine rings is 1.